The maximum atomic E-state index is 13.6. The van der Waals surface area contributed by atoms with Crippen molar-refractivity contribution in [1.29, 1.82) is 0 Å². The number of allylic oxidation sites excluding steroid dienone is 1. The molecule has 0 saturated carbocycles. The summed E-state index contributed by atoms with van der Waals surface area (Å²) in [5.41, 5.74) is 5.75. The van der Waals surface area contributed by atoms with Crippen LogP contribution in [0.2, 0.25) is 0 Å². The number of aliphatic hydroxyl groups is 1. The number of likely N-dealkylation sites (tertiary alicyclic amines) is 1. The number of aliphatic hydroxyl groups excluding tert-OH is 1. The van der Waals surface area contributed by atoms with E-state index in [2.05, 4.69) is 35.1 Å². The summed E-state index contributed by atoms with van der Waals surface area (Å²) in [4.78, 5) is 89.7. The molecule has 0 radical (unpaired) electrons. The fraction of sp³-hybridized carbons (Fsp3) is 0.757. The van der Waals surface area contributed by atoms with Crippen LogP contribution < -0.4 is 27.0 Å². The van der Waals surface area contributed by atoms with Gasteiger partial charge in [-0.1, -0.05) is 85.1 Å². The molecular formula is C37H64N6O10. The van der Waals surface area contributed by atoms with Crippen LogP contribution >= 0.6 is 0 Å². The number of carboxylic acids is 2. The standard InChI is InChI=1S/C37H64N6O10/c1-6-24(4)32(42-35(50)31(38)25(5)44)36(51)43-20-16-18-28(43)34(49)39-22-27(37(52)53)41-33(48)26(21-30(46)47)40-29(45)19-15-13-11-9-7-8-10-12-14-17-23(2)3/h15,19,23-28,31-32,44H,6-14,16-18,20-22,38H2,1-5H3,(H,39,49)(H,40,45)(H,41,48)(H,42,50)(H,46,47)(H,52,53)/b19-15+/t24-,25+,26-,27-,28-,31-,32-/m0/s1. The topological polar surface area (TPSA) is 258 Å². The van der Waals surface area contributed by atoms with Gasteiger partial charge in [0.05, 0.1) is 12.5 Å². The van der Waals surface area contributed by atoms with Crippen LogP contribution in [-0.4, -0.2) is 111 Å². The van der Waals surface area contributed by atoms with Gasteiger partial charge >= 0.3 is 11.9 Å². The minimum absolute atomic E-state index is 0.199. The van der Waals surface area contributed by atoms with Crippen molar-refractivity contribution in [3.63, 3.8) is 0 Å². The number of carbonyl (C=O) groups is 7. The highest BCUT2D eigenvalue weighted by Crippen LogP contribution is 2.22. The Morgan fingerprint density at radius 1 is 0.849 bits per heavy atom. The Labute approximate surface area is 313 Å². The quantitative estimate of drug-likeness (QED) is 0.0465. The first-order valence-electron chi connectivity index (χ1n) is 19.0. The minimum atomic E-state index is -1.69. The van der Waals surface area contributed by atoms with Crippen molar-refractivity contribution < 1.29 is 48.9 Å². The maximum absolute atomic E-state index is 13.6. The molecule has 0 spiro atoms. The summed E-state index contributed by atoms with van der Waals surface area (Å²) in [5, 5.41) is 38.4. The summed E-state index contributed by atoms with van der Waals surface area (Å²) in [7, 11) is 0. The van der Waals surface area contributed by atoms with Crippen molar-refractivity contribution in [2.24, 2.45) is 17.6 Å². The van der Waals surface area contributed by atoms with Crippen molar-refractivity contribution in [3.05, 3.63) is 12.2 Å². The van der Waals surface area contributed by atoms with Gasteiger partial charge in [0.2, 0.25) is 29.5 Å². The monoisotopic (exact) mass is 752 g/mol. The molecule has 1 aliphatic rings. The van der Waals surface area contributed by atoms with Crippen LogP contribution in [0.25, 0.3) is 0 Å². The van der Waals surface area contributed by atoms with E-state index in [0.717, 1.165) is 31.6 Å². The third-order valence-electron chi connectivity index (χ3n) is 9.47. The Morgan fingerprint density at radius 2 is 1.47 bits per heavy atom. The third-order valence-corrected chi connectivity index (χ3v) is 9.47. The van der Waals surface area contributed by atoms with E-state index < -0.39 is 90.8 Å². The molecule has 53 heavy (non-hydrogen) atoms. The largest absolute Gasteiger partial charge is 0.481 e. The van der Waals surface area contributed by atoms with Gasteiger partial charge in [0, 0.05) is 13.1 Å². The molecule has 0 aromatic heterocycles. The second-order valence-corrected chi connectivity index (χ2v) is 14.5. The van der Waals surface area contributed by atoms with Gasteiger partial charge in [0.1, 0.15) is 30.2 Å². The molecule has 0 aromatic rings. The van der Waals surface area contributed by atoms with Crippen LogP contribution in [0.15, 0.2) is 12.2 Å². The fourth-order valence-electron chi connectivity index (χ4n) is 5.92. The smallest absolute Gasteiger partial charge is 0.328 e. The molecular weight excluding hydrogens is 688 g/mol. The lowest BCUT2D eigenvalue weighted by Crippen LogP contribution is -2.59. The molecule has 0 aromatic carbocycles. The number of hydrogen-bond acceptors (Lipinski definition) is 9. The van der Waals surface area contributed by atoms with E-state index in [9.17, 15) is 48.9 Å². The molecule has 5 amide bonds. The number of carbonyl (C=O) groups excluding carboxylic acids is 5. The van der Waals surface area contributed by atoms with Gasteiger partial charge in [0.25, 0.3) is 0 Å². The molecule has 1 rings (SSSR count). The number of nitrogens with zero attached hydrogens (tertiary/aromatic N) is 1. The average molecular weight is 753 g/mol. The van der Waals surface area contributed by atoms with Gasteiger partial charge in [-0.2, -0.15) is 0 Å². The van der Waals surface area contributed by atoms with E-state index in [1.807, 2.05) is 6.92 Å². The van der Waals surface area contributed by atoms with Gasteiger partial charge in [-0.05, 0) is 50.5 Å². The Balaban J connectivity index is 2.76. The summed E-state index contributed by atoms with van der Waals surface area (Å²) in [6, 6.07) is -6.58. The van der Waals surface area contributed by atoms with E-state index in [1.54, 1.807) is 13.0 Å². The number of carboxylic acid groups (broad SMARTS) is 2. The number of nitrogens with two attached hydrogens (primary N) is 1. The minimum Gasteiger partial charge on any atom is -0.481 e. The van der Waals surface area contributed by atoms with Crippen molar-refractivity contribution >= 4 is 41.5 Å². The maximum Gasteiger partial charge on any atom is 0.328 e. The molecule has 16 heteroatoms. The first-order chi connectivity index (χ1) is 25.0. The normalized spacial score (nSPS) is 17.7. The number of unbranched alkanes of at least 4 members (excludes halogenated alkanes) is 7. The van der Waals surface area contributed by atoms with Crippen molar-refractivity contribution in [2.45, 2.75) is 154 Å². The summed E-state index contributed by atoms with van der Waals surface area (Å²) in [6.07, 6.45) is 11.8. The Morgan fingerprint density at radius 3 is 2.04 bits per heavy atom. The van der Waals surface area contributed by atoms with Gasteiger partial charge in [-0.25, -0.2) is 4.79 Å². The molecule has 7 atom stereocenters. The molecule has 0 bridgehead atoms. The number of aliphatic carboxylic acids is 2. The Bertz CT molecular complexity index is 1240. The molecule has 1 aliphatic heterocycles. The predicted octanol–water partition coefficient (Wildman–Crippen LogP) is 1.58. The van der Waals surface area contributed by atoms with Crippen molar-refractivity contribution in [2.75, 3.05) is 13.1 Å². The summed E-state index contributed by atoms with van der Waals surface area (Å²) >= 11 is 0. The molecule has 1 saturated heterocycles. The van der Waals surface area contributed by atoms with Crippen LogP contribution in [0.5, 0.6) is 0 Å². The van der Waals surface area contributed by atoms with Crippen molar-refractivity contribution in [1.82, 2.24) is 26.2 Å². The second kappa shape index (κ2) is 25.1. The first kappa shape index (κ1) is 47.0. The summed E-state index contributed by atoms with van der Waals surface area (Å²) in [6.45, 7) is 8.97. The Kier molecular flexibility index (Phi) is 22.2. The molecule has 0 unspecified atom stereocenters. The fourth-order valence-corrected chi connectivity index (χ4v) is 5.92. The van der Waals surface area contributed by atoms with Gasteiger partial charge in [0.15, 0.2) is 0 Å². The highest BCUT2D eigenvalue weighted by atomic mass is 16.4. The number of amides is 5. The van der Waals surface area contributed by atoms with E-state index in [4.69, 9.17) is 5.73 Å². The zero-order valence-electron chi connectivity index (χ0n) is 32.1. The highest BCUT2D eigenvalue weighted by Gasteiger charge is 2.40. The van der Waals surface area contributed by atoms with Crippen LogP contribution in [-0.2, 0) is 33.6 Å². The van der Waals surface area contributed by atoms with E-state index in [-0.39, 0.29) is 18.9 Å². The zero-order valence-corrected chi connectivity index (χ0v) is 32.1. The third kappa shape index (κ3) is 18.0. The van der Waals surface area contributed by atoms with E-state index >= 15 is 0 Å². The predicted molar refractivity (Wildman–Crippen MR) is 198 cm³/mol. The molecule has 302 valence electrons. The number of rotatable bonds is 26. The van der Waals surface area contributed by atoms with Gasteiger partial charge in [-0.15, -0.1) is 0 Å². The number of hydrogen-bond donors (Lipinski definition) is 8. The highest BCUT2D eigenvalue weighted by molar-refractivity contribution is 5.96. The van der Waals surface area contributed by atoms with Crippen LogP contribution in [0.1, 0.15) is 118 Å². The van der Waals surface area contributed by atoms with E-state index in [0.29, 0.717) is 19.3 Å². The van der Waals surface area contributed by atoms with Crippen molar-refractivity contribution in [3.8, 4) is 0 Å². The lowest BCUT2D eigenvalue weighted by Gasteiger charge is -2.32. The zero-order chi connectivity index (χ0) is 40.1. The molecule has 0 aliphatic carbocycles. The molecule has 9 N–H and O–H groups in total. The lowest BCUT2D eigenvalue weighted by atomic mass is 9.96. The summed E-state index contributed by atoms with van der Waals surface area (Å²) < 4.78 is 0. The molecule has 1 fully saturated rings. The summed E-state index contributed by atoms with van der Waals surface area (Å²) in [5.74, 6) is -6.26. The van der Waals surface area contributed by atoms with Gasteiger partial charge < -0.3 is 47.2 Å². The number of nitrogens with one attached hydrogen (secondary N) is 4. The van der Waals surface area contributed by atoms with E-state index in [1.165, 1.54) is 43.6 Å². The molecule has 1 heterocycles. The van der Waals surface area contributed by atoms with Gasteiger partial charge in [-0.3, -0.25) is 28.8 Å². The molecule has 16 nitrogen and oxygen atoms in total. The van der Waals surface area contributed by atoms with Crippen LogP contribution in [0.3, 0.4) is 0 Å². The second-order valence-electron chi connectivity index (χ2n) is 14.5. The van der Waals surface area contributed by atoms with Crippen LogP contribution in [0, 0.1) is 11.8 Å². The average Bonchev–Trinajstić information content (AvgIpc) is 3.59. The first-order valence-corrected chi connectivity index (χ1v) is 19.0. The SMILES string of the molecule is CC[C@H](C)[C@H](NC(=O)[C@@H](N)[C@@H](C)O)C(=O)N1CCC[C@H]1C(=O)NC[C@H](NC(=O)[C@H](CC(=O)O)NC(=O)/C=C/CCCCCCCCCC(C)C)C(=O)O. The van der Waals surface area contributed by atoms with Crippen LogP contribution in [0.4, 0.5) is 0 Å². The Hall–Kier alpha value is -4.05. The lowest BCUT2D eigenvalue weighted by molar-refractivity contribution is -0.144.